The lowest BCUT2D eigenvalue weighted by molar-refractivity contribution is 0.593. The maximum atomic E-state index is 13.5. The van der Waals surface area contributed by atoms with Gasteiger partial charge in [-0.25, -0.2) is 8.78 Å². The van der Waals surface area contributed by atoms with Crippen molar-refractivity contribution in [3.05, 3.63) is 27.7 Å². The molecular formula is C10H2BrF2N5. The molecule has 0 fully saturated rings. The third-order valence-electron chi connectivity index (χ3n) is 1.77. The molecule has 0 saturated heterocycles. The Labute approximate surface area is 109 Å². The molecule has 18 heavy (non-hydrogen) atoms. The summed E-state index contributed by atoms with van der Waals surface area (Å²) in [5, 5.41) is 28.6. The van der Waals surface area contributed by atoms with Gasteiger partial charge in [-0.2, -0.15) is 20.9 Å². The molecule has 0 aromatic heterocycles. The molecule has 0 heterocycles. The van der Waals surface area contributed by atoms with Gasteiger partial charge in [-0.1, -0.05) is 0 Å². The van der Waals surface area contributed by atoms with Crippen LogP contribution in [0.1, 0.15) is 5.56 Å². The van der Waals surface area contributed by atoms with Gasteiger partial charge in [0, 0.05) is 0 Å². The van der Waals surface area contributed by atoms with Gasteiger partial charge < -0.3 is 0 Å². The number of hydrazone groups is 1. The fourth-order valence-corrected chi connectivity index (χ4v) is 1.46. The minimum Gasteiger partial charge on any atom is -0.272 e. The van der Waals surface area contributed by atoms with Gasteiger partial charge in [-0.3, -0.25) is 5.43 Å². The van der Waals surface area contributed by atoms with Gasteiger partial charge in [-0.05, 0) is 22.0 Å². The first-order valence-corrected chi connectivity index (χ1v) is 5.06. The van der Waals surface area contributed by atoms with E-state index in [9.17, 15) is 8.78 Å². The van der Waals surface area contributed by atoms with Gasteiger partial charge >= 0.3 is 0 Å². The van der Waals surface area contributed by atoms with Crippen LogP contribution in [0.3, 0.4) is 0 Å². The van der Waals surface area contributed by atoms with Gasteiger partial charge in [0.05, 0.1) is 10.0 Å². The first-order valence-electron chi connectivity index (χ1n) is 4.26. The molecule has 0 saturated carbocycles. The monoisotopic (exact) mass is 309 g/mol. The van der Waals surface area contributed by atoms with Crippen molar-refractivity contribution in [2.75, 3.05) is 5.43 Å². The van der Waals surface area contributed by atoms with Gasteiger partial charge in [0.1, 0.15) is 23.9 Å². The predicted molar refractivity (Wildman–Crippen MR) is 61.1 cm³/mol. The first-order chi connectivity index (χ1) is 8.54. The molecule has 1 aromatic rings. The smallest absolute Gasteiger partial charge is 0.237 e. The molecule has 0 spiro atoms. The Morgan fingerprint density at radius 1 is 1.28 bits per heavy atom. The summed E-state index contributed by atoms with van der Waals surface area (Å²) < 4.78 is 26.6. The predicted octanol–water partition coefficient (Wildman–Crippen LogP) is 2.41. The molecule has 1 rings (SSSR count). The molecule has 0 aliphatic rings. The van der Waals surface area contributed by atoms with E-state index < -0.39 is 28.6 Å². The number of nitrogens with one attached hydrogen (secondary N) is 1. The molecule has 5 nitrogen and oxygen atoms in total. The molecule has 0 aliphatic carbocycles. The van der Waals surface area contributed by atoms with Crippen molar-refractivity contribution in [2.24, 2.45) is 5.10 Å². The van der Waals surface area contributed by atoms with Crippen molar-refractivity contribution in [3.63, 3.8) is 0 Å². The van der Waals surface area contributed by atoms with Crippen LogP contribution in [0.15, 0.2) is 15.6 Å². The van der Waals surface area contributed by atoms with Crippen LogP contribution in [0.25, 0.3) is 0 Å². The summed E-state index contributed by atoms with van der Waals surface area (Å²) in [6.07, 6.45) is 0. The second-order valence-corrected chi connectivity index (χ2v) is 3.61. The maximum absolute atomic E-state index is 13.5. The van der Waals surface area contributed by atoms with E-state index >= 15 is 0 Å². The van der Waals surface area contributed by atoms with Crippen molar-refractivity contribution < 1.29 is 8.78 Å². The zero-order chi connectivity index (χ0) is 13.7. The molecular weight excluding hydrogens is 308 g/mol. The van der Waals surface area contributed by atoms with Gasteiger partial charge in [0.15, 0.2) is 11.6 Å². The lowest BCUT2D eigenvalue weighted by Gasteiger charge is -2.06. The number of rotatable bonds is 2. The van der Waals surface area contributed by atoms with Crippen molar-refractivity contribution in [2.45, 2.75) is 0 Å². The number of halogens is 3. The summed E-state index contributed by atoms with van der Waals surface area (Å²) in [6.45, 7) is 0. The lowest BCUT2D eigenvalue weighted by Crippen LogP contribution is -2.01. The molecule has 0 unspecified atom stereocenters. The average Bonchev–Trinajstić information content (AvgIpc) is 2.38. The van der Waals surface area contributed by atoms with Gasteiger partial charge in [0.25, 0.3) is 0 Å². The molecule has 8 heteroatoms. The van der Waals surface area contributed by atoms with E-state index in [1.54, 1.807) is 0 Å². The summed E-state index contributed by atoms with van der Waals surface area (Å²) in [4.78, 5) is 0. The Balaban J connectivity index is 3.26. The Morgan fingerprint density at radius 3 is 2.39 bits per heavy atom. The maximum Gasteiger partial charge on any atom is 0.237 e. The highest BCUT2D eigenvalue weighted by molar-refractivity contribution is 9.10. The van der Waals surface area contributed by atoms with Crippen LogP contribution in [0, 0.1) is 45.6 Å². The third-order valence-corrected chi connectivity index (χ3v) is 2.51. The normalized spacial score (nSPS) is 8.67. The Morgan fingerprint density at radius 2 is 1.89 bits per heavy atom. The summed E-state index contributed by atoms with van der Waals surface area (Å²) in [6, 6.07) is 5.04. The molecule has 1 N–H and O–H groups in total. The van der Waals surface area contributed by atoms with Crippen molar-refractivity contribution in [1.29, 1.82) is 15.8 Å². The zero-order valence-electron chi connectivity index (χ0n) is 8.50. The molecule has 0 radical (unpaired) electrons. The fraction of sp³-hybridized carbons (Fsp3) is 0. The number of nitriles is 3. The van der Waals surface area contributed by atoms with E-state index in [0.717, 1.165) is 0 Å². The summed E-state index contributed by atoms with van der Waals surface area (Å²) in [5.41, 5.74) is 0.612. The molecule has 0 amide bonds. The topological polar surface area (TPSA) is 95.8 Å². The second kappa shape index (κ2) is 5.72. The minimum absolute atomic E-state index is 0.349. The largest absolute Gasteiger partial charge is 0.272 e. The van der Waals surface area contributed by atoms with E-state index in [0.29, 0.717) is 6.07 Å². The Bertz CT molecular complexity index is 632. The number of hydrogen-bond acceptors (Lipinski definition) is 5. The zero-order valence-corrected chi connectivity index (χ0v) is 10.1. The second-order valence-electron chi connectivity index (χ2n) is 2.82. The van der Waals surface area contributed by atoms with Crippen LogP contribution >= 0.6 is 15.9 Å². The summed E-state index contributed by atoms with van der Waals surface area (Å²) >= 11 is 2.75. The third kappa shape index (κ3) is 2.60. The van der Waals surface area contributed by atoms with Crippen LogP contribution < -0.4 is 5.43 Å². The van der Waals surface area contributed by atoms with E-state index in [1.807, 2.05) is 5.43 Å². The number of hydrogen-bond donors (Lipinski definition) is 1. The molecule has 88 valence electrons. The minimum atomic E-state index is -0.966. The van der Waals surface area contributed by atoms with Crippen LogP contribution in [-0.4, -0.2) is 5.71 Å². The quantitative estimate of drug-likeness (QED) is 0.515. The SMILES string of the molecule is N#CC(C#N)=NNc1c(F)cc(C#N)c(F)c1Br. The highest BCUT2D eigenvalue weighted by Crippen LogP contribution is 2.30. The van der Waals surface area contributed by atoms with Crippen LogP contribution in [0.4, 0.5) is 14.5 Å². The van der Waals surface area contributed by atoms with Gasteiger partial charge in [-0.15, -0.1) is 0 Å². The molecule has 1 aromatic carbocycles. The molecule has 0 atom stereocenters. The Kier molecular flexibility index (Phi) is 4.31. The van der Waals surface area contributed by atoms with E-state index in [4.69, 9.17) is 15.8 Å². The van der Waals surface area contributed by atoms with Crippen molar-refractivity contribution in [1.82, 2.24) is 0 Å². The van der Waals surface area contributed by atoms with E-state index in [-0.39, 0.29) is 4.47 Å². The van der Waals surface area contributed by atoms with Gasteiger partial charge in [0.2, 0.25) is 5.71 Å². The summed E-state index contributed by atoms with van der Waals surface area (Å²) in [7, 11) is 0. The van der Waals surface area contributed by atoms with Crippen molar-refractivity contribution >= 4 is 27.3 Å². The standard InChI is InChI=1S/C10H2BrF2N5/c11-8-9(13)5(2-14)1-7(12)10(8)18-17-6(3-15)4-16/h1,18H. The van der Waals surface area contributed by atoms with Crippen LogP contribution in [0.5, 0.6) is 0 Å². The highest BCUT2D eigenvalue weighted by Gasteiger charge is 2.16. The lowest BCUT2D eigenvalue weighted by atomic mass is 10.2. The van der Waals surface area contributed by atoms with E-state index in [2.05, 4.69) is 21.0 Å². The highest BCUT2D eigenvalue weighted by atomic mass is 79.9. The number of benzene rings is 1. The van der Waals surface area contributed by atoms with Crippen molar-refractivity contribution in [3.8, 4) is 18.2 Å². The molecule has 0 bridgehead atoms. The number of anilines is 1. The molecule has 0 aliphatic heterocycles. The summed E-state index contributed by atoms with van der Waals surface area (Å²) in [5.74, 6) is -1.91. The Hall–Kier alpha value is -2.50. The average molecular weight is 310 g/mol. The number of nitrogens with zero attached hydrogens (tertiary/aromatic N) is 4. The first kappa shape index (κ1) is 13.6. The fourth-order valence-electron chi connectivity index (χ4n) is 0.966. The van der Waals surface area contributed by atoms with Crippen LogP contribution in [0.2, 0.25) is 0 Å². The van der Waals surface area contributed by atoms with Crippen LogP contribution in [-0.2, 0) is 0 Å². The van der Waals surface area contributed by atoms with E-state index in [1.165, 1.54) is 18.2 Å².